The van der Waals surface area contributed by atoms with Crippen LogP contribution in [0.15, 0.2) is 95.6 Å². The van der Waals surface area contributed by atoms with Gasteiger partial charge in [0.2, 0.25) is 5.79 Å². The molecule has 0 aliphatic carbocycles. The molecule has 15 nitrogen and oxygen atoms in total. The van der Waals surface area contributed by atoms with Gasteiger partial charge in [-0.15, -0.1) is 0 Å². The molecule has 0 saturated carbocycles. The summed E-state index contributed by atoms with van der Waals surface area (Å²) in [4.78, 5) is 24.5. The summed E-state index contributed by atoms with van der Waals surface area (Å²) in [6.45, 7) is 5.41. The molecule has 0 bridgehead atoms. The molecule has 5 aromatic rings. The fraction of sp³-hybridized carbons (Fsp3) is 0.405. The van der Waals surface area contributed by atoms with Crippen molar-refractivity contribution >= 4 is 34.6 Å². The van der Waals surface area contributed by atoms with Gasteiger partial charge in [0.05, 0.1) is 17.3 Å². The van der Waals surface area contributed by atoms with Gasteiger partial charge < -0.3 is 24.0 Å². The van der Waals surface area contributed by atoms with Crippen molar-refractivity contribution in [2.75, 3.05) is 55.7 Å². The largest absolute Gasteiger partial charge is 0.491 e. The minimum atomic E-state index is -1.17. The molecule has 2 aliphatic rings. The van der Waals surface area contributed by atoms with E-state index in [1.54, 1.807) is 34.0 Å². The lowest BCUT2D eigenvalue weighted by Gasteiger charge is -2.37. The van der Waals surface area contributed by atoms with Gasteiger partial charge in [-0.3, -0.25) is 0 Å². The molecule has 2 fully saturated rings. The maximum absolute atomic E-state index is 13.0. The van der Waals surface area contributed by atoms with E-state index >= 15 is 0 Å². The average molecular weight is 775 g/mol. The maximum atomic E-state index is 13.0. The third kappa shape index (κ3) is 8.83. The smallest absolute Gasteiger partial charge is 0.350 e. The molecule has 2 unspecified atom stereocenters. The molecular formula is C37H41Cl2N11O4. The van der Waals surface area contributed by atoms with Crippen LogP contribution in [0.2, 0.25) is 10.0 Å². The molecule has 282 valence electrons. The Morgan fingerprint density at radius 3 is 2.28 bits per heavy atom. The lowest BCUT2D eigenvalue weighted by atomic mass is 10.1. The molecular weight excluding hydrogens is 733 g/mol. The molecule has 54 heavy (non-hydrogen) atoms. The van der Waals surface area contributed by atoms with Crippen LogP contribution in [-0.4, -0.2) is 81.2 Å². The molecule has 0 amide bonds. The average Bonchev–Trinajstić information content (AvgIpc) is 3.95. The number of aromatic nitrogens is 6. The summed E-state index contributed by atoms with van der Waals surface area (Å²) in [6.07, 6.45) is 7.91. The van der Waals surface area contributed by atoms with Crippen molar-refractivity contribution in [3.63, 3.8) is 0 Å². The predicted molar refractivity (Wildman–Crippen MR) is 206 cm³/mol. The number of hydrogen-bond acceptors (Lipinski definition) is 10. The molecule has 2 aliphatic heterocycles. The van der Waals surface area contributed by atoms with Gasteiger partial charge in [-0.2, -0.15) is 10.2 Å². The predicted octanol–water partition coefficient (Wildman–Crippen LogP) is 6.48. The highest BCUT2D eigenvalue weighted by atomic mass is 35.5. The quantitative estimate of drug-likeness (QED) is 0.0475. The van der Waals surface area contributed by atoms with Crippen molar-refractivity contribution < 1.29 is 14.2 Å². The molecule has 7 rings (SSSR count). The van der Waals surface area contributed by atoms with Crippen LogP contribution in [0.25, 0.3) is 16.1 Å². The highest BCUT2D eigenvalue weighted by molar-refractivity contribution is 6.35. The van der Waals surface area contributed by atoms with Crippen molar-refractivity contribution in [1.29, 1.82) is 0 Å². The first kappa shape index (κ1) is 37.3. The number of benzene rings is 3. The Bertz CT molecular complexity index is 2080. The minimum absolute atomic E-state index is 0.149. The number of aryl methyl sites for hydroxylation is 1. The van der Waals surface area contributed by atoms with E-state index in [0.29, 0.717) is 41.9 Å². The summed E-state index contributed by atoms with van der Waals surface area (Å²) < 4.78 is 23.6. The molecule has 0 N–H and O–H groups in total. The van der Waals surface area contributed by atoms with Gasteiger partial charge in [0.25, 0.3) is 0 Å². The summed E-state index contributed by atoms with van der Waals surface area (Å²) in [7, 11) is 0. The van der Waals surface area contributed by atoms with E-state index in [4.69, 9.17) is 42.9 Å². The molecule has 0 spiro atoms. The summed E-state index contributed by atoms with van der Waals surface area (Å²) in [5, 5.41) is 13.1. The number of hydrogen-bond donors (Lipinski definition) is 0. The van der Waals surface area contributed by atoms with E-state index in [1.807, 2.05) is 30.3 Å². The van der Waals surface area contributed by atoms with Gasteiger partial charge in [0, 0.05) is 66.1 Å². The Kier molecular flexibility index (Phi) is 12.0. The molecule has 2 aromatic heterocycles. The highest BCUT2D eigenvalue weighted by Gasteiger charge is 2.45. The second kappa shape index (κ2) is 17.4. The summed E-state index contributed by atoms with van der Waals surface area (Å²) in [5.41, 5.74) is 11.9. The number of nitrogens with zero attached hydrogens (tertiary/aromatic N) is 11. The van der Waals surface area contributed by atoms with Gasteiger partial charge in [0.1, 0.15) is 44.0 Å². The standard InChI is InChI=1S/C37H41Cl2N11O4/c38-28-5-14-34(35(39)21-28)37(24-48-26-41-25-43-48)53-23-33(54-37)22-52-32-12-10-30(11-13-32)47-19-17-46(18-20-47)29-6-8-31(9-7-29)49-27-44-50(36(49)51)16-4-2-1-3-15-42-45-40/h5-14,21,25-27,33H,1-4,15-20,22-24H2. The zero-order valence-corrected chi connectivity index (χ0v) is 31.2. The Labute approximate surface area is 322 Å². The van der Waals surface area contributed by atoms with Crippen molar-refractivity contribution in [2.45, 2.75) is 50.7 Å². The van der Waals surface area contributed by atoms with Crippen molar-refractivity contribution in [3.05, 3.63) is 122 Å². The van der Waals surface area contributed by atoms with Crippen molar-refractivity contribution in [2.24, 2.45) is 5.11 Å². The zero-order chi connectivity index (χ0) is 37.3. The Morgan fingerprint density at radius 2 is 1.59 bits per heavy atom. The van der Waals surface area contributed by atoms with Crippen molar-refractivity contribution in [1.82, 2.24) is 29.1 Å². The van der Waals surface area contributed by atoms with E-state index < -0.39 is 5.79 Å². The fourth-order valence-corrected chi connectivity index (χ4v) is 7.33. The Balaban J connectivity index is 0.879. The minimum Gasteiger partial charge on any atom is -0.491 e. The van der Waals surface area contributed by atoms with E-state index in [0.717, 1.165) is 74.7 Å². The topological polar surface area (TPSA) is 153 Å². The third-order valence-electron chi connectivity index (χ3n) is 9.62. The van der Waals surface area contributed by atoms with Gasteiger partial charge in [0.15, 0.2) is 0 Å². The molecule has 0 radical (unpaired) electrons. The first-order chi connectivity index (χ1) is 26.4. The lowest BCUT2D eigenvalue weighted by molar-refractivity contribution is -0.190. The van der Waals surface area contributed by atoms with Crippen molar-refractivity contribution in [3.8, 4) is 11.4 Å². The maximum Gasteiger partial charge on any atom is 0.350 e. The fourth-order valence-electron chi connectivity index (χ4n) is 6.78. The van der Waals surface area contributed by atoms with E-state index in [1.165, 1.54) is 11.0 Å². The van der Waals surface area contributed by atoms with Crippen LogP contribution in [0.1, 0.15) is 31.2 Å². The van der Waals surface area contributed by atoms with Crippen LogP contribution in [-0.2, 0) is 28.4 Å². The Hall–Kier alpha value is -5.05. The number of anilines is 2. The molecule has 3 aromatic carbocycles. The van der Waals surface area contributed by atoms with Gasteiger partial charge >= 0.3 is 5.69 Å². The molecule has 2 saturated heterocycles. The Morgan fingerprint density at radius 1 is 0.889 bits per heavy atom. The lowest BCUT2D eigenvalue weighted by Crippen LogP contribution is -2.46. The van der Waals surface area contributed by atoms with E-state index in [-0.39, 0.29) is 18.3 Å². The van der Waals surface area contributed by atoms with Gasteiger partial charge in [-0.1, -0.05) is 47.2 Å². The van der Waals surface area contributed by atoms with Crippen LogP contribution in [0, 0.1) is 0 Å². The monoisotopic (exact) mass is 773 g/mol. The molecule has 17 heteroatoms. The normalized spacial score (nSPS) is 18.5. The van der Waals surface area contributed by atoms with Gasteiger partial charge in [-0.05, 0) is 79.0 Å². The second-order valence-corrected chi connectivity index (χ2v) is 14.0. The molecule has 2 atom stereocenters. The van der Waals surface area contributed by atoms with E-state index in [9.17, 15) is 4.79 Å². The highest BCUT2D eigenvalue weighted by Crippen LogP contribution is 2.40. The number of azide groups is 1. The van der Waals surface area contributed by atoms with E-state index in [2.05, 4.69) is 59.3 Å². The molecule has 4 heterocycles. The number of piperazine rings is 1. The summed E-state index contributed by atoms with van der Waals surface area (Å²) >= 11 is 12.8. The number of unbranched alkanes of at least 4 members (excludes halogenated alkanes) is 3. The zero-order valence-electron chi connectivity index (χ0n) is 29.7. The SMILES string of the molecule is [N-]=[N+]=NCCCCCCn1ncn(-c2ccc(N3CCN(c4ccc(OCC5COC(Cn6cncn6)(c6ccc(Cl)cc6Cl)O5)cc4)CC3)cc2)c1=O. The number of rotatable bonds is 16. The number of ether oxygens (including phenoxy) is 3. The van der Waals surface area contributed by atoms with Crippen LogP contribution in [0.4, 0.5) is 11.4 Å². The van der Waals surface area contributed by atoms with Crippen LogP contribution >= 0.6 is 23.2 Å². The first-order valence-electron chi connectivity index (χ1n) is 18.0. The third-order valence-corrected chi connectivity index (χ3v) is 10.2. The van der Waals surface area contributed by atoms with Crippen LogP contribution in [0.5, 0.6) is 5.75 Å². The van der Waals surface area contributed by atoms with Crippen LogP contribution < -0.4 is 20.2 Å². The summed E-state index contributed by atoms with van der Waals surface area (Å²) in [5.74, 6) is -0.429. The number of halogens is 2. The van der Waals surface area contributed by atoms with Gasteiger partial charge in [-0.25, -0.2) is 23.7 Å². The second-order valence-electron chi connectivity index (χ2n) is 13.2. The first-order valence-corrected chi connectivity index (χ1v) is 18.7. The van der Waals surface area contributed by atoms with Crippen LogP contribution in [0.3, 0.4) is 0 Å². The summed E-state index contributed by atoms with van der Waals surface area (Å²) in [6, 6.07) is 21.4.